The number of nitrogens with zero attached hydrogens (tertiary/aromatic N) is 2. The van der Waals surface area contributed by atoms with Gasteiger partial charge < -0.3 is 19.5 Å². The van der Waals surface area contributed by atoms with Gasteiger partial charge in [-0.05, 0) is 30.7 Å². The van der Waals surface area contributed by atoms with Crippen molar-refractivity contribution >= 4 is 15.9 Å². The molecule has 0 aliphatic carbocycles. The lowest BCUT2D eigenvalue weighted by atomic mass is 10.0. The highest BCUT2D eigenvalue weighted by atomic mass is 32.2. The average Bonchev–Trinajstić information content (AvgIpc) is 2.80. The summed E-state index contributed by atoms with van der Waals surface area (Å²) in [4.78, 5) is 13.5. The van der Waals surface area contributed by atoms with Gasteiger partial charge in [0.05, 0.1) is 20.3 Å². The Balaban J connectivity index is 2.17. The van der Waals surface area contributed by atoms with Gasteiger partial charge in [-0.25, -0.2) is 8.42 Å². The zero-order valence-corrected chi connectivity index (χ0v) is 20.5. The molecule has 0 spiro atoms. The van der Waals surface area contributed by atoms with Crippen LogP contribution in [0.15, 0.2) is 47.4 Å². The Morgan fingerprint density at radius 3 is 2.64 bits per heavy atom. The lowest BCUT2D eigenvalue weighted by molar-refractivity contribution is -0.129. The van der Waals surface area contributed by atoms with Gasteiger partial charge in [-0.3, -0.25) is 4.79 Å². The van der Waals surface area contributed by atoms with Crippen molar-refractivity contribution in [3.63, 3.8) is 0 Å². The Labute approximate surface area is 195 Å². The minimum atomic E-state index is -3.93. The molecule has 8 nitrogen and oxygen atoms in total. The van der Waals surface area contributed by atoms with E-state index in [-0.39, 0.29) is 35.6 Å². The van der Waals surface area contributed by atoms with Crippen LogP contribution in [-0.2, 0) is 14.8 Å². The minimum absolute atomic E-state index is 0.0313. The molecule has 1 heterocycles. The number of aliphatic hydroxyl groups excluding tert-OH is 1. The van der Waals surface area contributed by atoms with E-state index in [0.717, 1.165) is 11.1 Å². The summed E-state index contributed by atoms with van der Waals surface area (Å²) in [6, 6.07) is 11.8. The van der Waals surface area contributed by atoms with Gasteiger partial charge >= 0.3 is 0 Å². The fourth-order valence-corrected chi connectivity index (χ4v) is 5.72. The second kappa shape index (κ2) is 10.1. The van der Waals surface area contributed by atoms with Crippen molar-refractivity contribution in [2.45, 2.75) is 37.8 Å². The number of ether oxygens (including phenoxy) is 2. The smallest absolute Gasteiger partial charge is 0.247 e. The van der Waals surface area contributed by atoms with Crippen LogP contribution >= 0.6 is 0 Å². The lowest BCUT2D eigenvalue weighted by Gasteiger charge is -2.37. The van der Waals surface area contributed by atoms with Crippen LogP contribution < -0.4 is 9.47 Å². The number of hydrogen-bond acceptors (Lipinski definition) is 6. The maximum atomic E-state index is 13.6. The van der Waals surface area contributed by atoms with Crippen molar-refractivity contribution in [3.05, 3.63) is 42.5 Å². The van der Waals surface area contributed by atoms with Crippen LogP contribution in [0.4, 0.5) is 0 Å². The quantitative estimate of drug-likeness (QED) is 0.689. The summed E-state index contributed by atoms with van der Waals surface area (Å²) >= 11 is 0. The summed E-state index contributed by atoms with van der Waals surface area (Å²) in [6.07, 6.45) is -0.450. The number of methoxy groups -OCH3 is 1. The van der Waals surface area contributed by atoms with Gasteiger partial charge in [0.15, 0.2) is 0 Å². The summed E-state index contributed by atoms with van der Waals surface area (Å²) in [6.45, 7) is 5.20. The van der Waals surface area contributed by atoms with Gasteiger partial charge in [0, 0.05) is 38.0 Å². The Morgan fingerprint density at radius 2 is 2.00 bits per heavy atom. The van der Waals surface area contributed by atoms with E-state index in [1.165, 1.54) is 17.3 Å². The predicted molar refractivity (Wildman–Crippen MR) is 126 cm³/mol. The van der Waals surface area contributed by atoms with E-state index >= 15 is 0 Å². The molecule has 1 amide bonds. The average molecular weight is 477 g/mol. The highest BCUT2D eigenvalue weighted by Crippen LogP contribution is 2.38. The standard InChI is InChI=1S/C24H32N2O6S/c1-16-13-26(17(2)15-27)33(29,30)24-11-10-19(20-8-6-7-9-21(20)31-5)12-22(24)32-23(16)14-25(4)18(3)28/h6-12,16-17,23,27H,13-15H2,1-5H3/t16-,17-,23+/m0/s1. The lowest BCUT2D eigenvalue weighted by Crippen LogP contribution is -2.50. The maximum absolute atomic E-state index is 13.6. The highest BCUT2D eigenvalue weighted by molar-refractivity contribution is 7.89. The molecule has 0 saturated heterocycles. The minimum Gasteiger partial charge on any atom is -0.496 e. The third-order valence-electron chi connectivity index (χ3n) is 6.08. The topological polar surface area (TPSA) is 96.4 Å². The Bertz CT molecular complexity index is 1100. The third kappa shape index (κ3) is 5.15. The first kappa shape index (κ1) is 25.0. The van der Waals surface area contributed by atoms with Crippen LogP contribution in [-0.4, -0.2) is 74.6 Å². The molecular weight excluding hydrogens is 444 g/mol. The number of carbonyl (C=O) groups excluding carboxylic acids is 1. The summed E-state index contributed by atoms with van der Waals surface area (Å²) in [5, 5.41) is 9.75. The number of para-hydroxylation sites is 1. The van der Waals surface area contributed by atoms with E-state index < -0.39 is 22.2 Å². The molecule has 1 aliphatic heterocycles. The number of aliphatic hydroxyl groups is 1. The monoisotopic (exact) mass is 476 g/mol. The van der Waals surface area contributed by atoms with Crippen molar-refractivity contribution in [1.82, 2.24) is 9.21 Å². The van der Waals surface area contributed by atoms with E-state index in [2.05, 4.69) is 0 Å². The van der Waals surface area contributed by atoms with Gasteiger partial charge in [0.25, 0.3) is 0 Å². The van der Waals surface area contributed by atoms with Crippen LogP contribution in [0.2, 0.25) is 0 Å². The largest absolute Gasteiger partial charge is 0.496 e. The first-order valence-electron chi connectivity index (χ1n) is 10.9. The van der Waals surface area contributed by atoms with Gasteiger partial charge in [-0.2, -0.15) is 4.31 Å². The second-order valence-corrected chi connectivity index (χ2v) is 10.4. The molecule has 9 heteroatoms. The van der Waals surface area contributed by atoms with E-state index in [1.807, 2.05) is 31.2 Å². The normalized spacial score (nSPS) is 21.2. The molecule has 33 heavy (non-hydrogen) atoms. The number of fused-ring (bicyclic) bond motifs is 1. The Kier molecular flexibility index (Phi) is 7.66. The van der Waals surface area contributed by atoms with E-state index in [0.29, 0.717) is 12.3 Å². The predicted octanol–water partition coefficient (Wildman–Crippen LogP) is 2.61. The second-order valence-electron chi connectivity index (χ2n) is 8.50. The van der Waals surface area contributed by atoms with Crippen molar-refractivity contribution in [3.8, 4) is 22.6 Å². The number of carbonyl (C=O) groups is 1. The van der Waals surface area contributed by atoms with Gasteiger partial charge in [-0.15, -0.1) is 0 Å². The zero-order valence-electron chi connectivity index (χ0n) is 19.7. The van der Waals surface area contributed by atoms with Crippen LogP contribution in [0.3, 0.4) is 0 Å². The summed E-state index contributed by atoms with van der Waals surface area (Å²) < 4.78 is 40.2. The summed E-state index contributed by atoms with van der Waals surface area (Å²) in [7, 11) is -0.664. The molecule has 1 aliphatic rings. The molecule has 0 unspecified atom stereocenters. The molecule has 180 valence electrons. The molecule has 2 aromatic carbocycles. The molecule has 0 saturated carbocycles. The zero-order chi connectivity index (χ0) is 24.3. The van der Waals surface area contributed by atoms with Crippen LogP contribution in [0.25, 0.3) is 11.1 Å². The fraction of sp³-hybridized carbons (Fsp3) is 0.458. The van der Waals surface area contributed by atoms with E-state index in [9.17, 15) is 18.3 Å². The van der Waals surface area contributed by atoms with E-state index in [1.54, 1.807) is 38.1 Å². The van der Waals surface area contributed by atoms with Crippen LogP contribution in [0, 0.1) is 5.92 Å². The first-order valence-corrected chi connectivity index (χ1v) is 12.3. The number of likely N-dealkylation sites (N-methyl/N-ethyl adjacent to an activating group) is 1. The first-order chi connectivity index (χ1) is 15.6. The summed E-state index contributed by atoms with van der Waals surface area (Å²) in [5.74, 6) is 0.521. The molecule has 0 bridgehead atoms. The fourth-order valence-electron chi connectivity index (χ4n) is 3.89. The molecule has 0 radical (unpaired) electrons. The van der Waals surface area contributed by atoms with Gasteiger partial charge in [0.1, 0.15) is 22.5 Å². The maximum Gasteiger partial charge on any atom is 0.247 e. The molecule has 1 N–H and O–H groups in total. The Morgan fingerprint density at radius 1 is 1.30 bits per heavy atom. The Hall–Kier alpha value is -2.62. The molecule has 0 aromatic heterocycles. The van der Waals surface area contributed by atoms with Gasteiger partial charge in [-0.1, -0.05) is 31.2 Å². The SMILES string of the molecule is COc1ccccc1-c1ccc2c(c1)O[C@H](CN(C)C(C)=O)[C@@H](C)CN([C@@H](C)CO)S2(=O)=O. The number of benzene rings is 2. The molecular formula is C24H32N2O6S. The molecule has 0 fully saturated rings. The molecule has 3 atom stereocenters. The molecule has 2 aromatic rings. The number of rotatable bonds is 6. The van der Waals surface area contributed by atoms with Crippen molar-refractivity contribution in [1.29, 1.82) is 0 Å². The third-order valence-corrected chi connectivity index (χ3v) is 8.10. The highest BCUT2D eigenvalue weighted by Gasteiger charge is 2.38. The van der Waals surface area contributed by atoms with Gasteiger partial charge in [0.2, 0.25) is 15.9 Å². The number of sulfonamides is 1. The number of hydrogen-bond donors (Lipinski definition) is 1. The number of amides is 1. The van der Waals surface area contributed by atoms with Crippen LogP contribution in [0.5, 0.6) is 11.5 Å². The van der Waals surface area contributed by atoms with Crippen molar-refractivity contribution < 1.29 is 27.8 Å². The van der Waals surface area contributed by atoms with E-state index in [4.69, 9.17) is 9.47 Å². The van der Waals surface area contributed by atoms with Crippen LogP contribution in [0.1, 0.15) is 20.8 Å². The van der Waals surface area contributed by atoms with Crippen molar-refractivity contribution in [2.75, 3.05) is 33.9 Å². The molecule has 3 rings (SSSR count). The van der Waals surface area contributed by atoms with Crippen molar-refractivity contribution in [2.24, 2.45) is 5.92 Å². The summed E-state index contributed by atoms with van der Waals surface area (Å²) in [5.41, 5.74) is 1.55.